The first-order valence-electron chi connectivity index (χ1n) is 1.35. The fraction of sp³-hybridized carbons (Fsp3) is 0.333. The molecule has 0 aliphatic carbocycles. The molecule has 0 aromatic carbocycles. The zero-order valence-electron chi connectivity index (χ0n) is 3.09. The number of nitrogens with zero attached hydrogens (tertiary/aromatic N) is 1. The highest BCUT2D eigenvalue weighted by atomic mass is 16.3. The van der Waals surface area contributed by atoms with Gasteiger partial charge in [0, 0.05) is 0 Å². The van der Waals surface area contributed by atoms with Crippen LogP contribution in [-0.4, -0.2) is 17.4 Å². The lowest BCUT2D eigenvalue weighted by atomic mass is 10.7. The third-order valence-electron chi connectivity index (χ3n) is 0.202. The van der Waals surface area contributed by atoms with E-state index < -0.39 is 6.23 Å². The summed E-state index contributed by atoms with van der Waals surface area (Å²) in [5.74, 6) is 0. The summed E-state index contributed by atoms with van der Waals surface area (Å²) in [5.41, 5.74) is 0. The Balaban J connectivity index is 3.29. The second kappa shape index (κ2) is 2.57. The van der Waals surface area contributed by atoms with E-state index in [4.69, 9.17) is 9.90 Å². The molecule has 1 N–H and O–H groups in total. The molecule has 1 radical (unpaired) electrons. The molecule has 0 saturated heterocycles. The monoisotopic (exact) mass is 86.0 g/mol. The van der Waals surface area contributed by atoms with Crippen LogP contribution >= 0.6 is 0 Å². The zero-order chi connectivity index (χ0) is 4.99. The fourth-order valence-corrected chi connectivity index (χ4v) is 0.0608. The molecule has 1 atom stereocenters. The zero-order valence-corrected chi connectivity index (χ0v) is 3.09. The van der Waals surface area contributed by atoms with Crippen LogP contribution in [0.3, 0.4) is 0 Å². The lowest BCUT2D eigenvalue weighted by Gasteiger charge is -1.82. The summed E-state index contributed by atoms with van der Waals surface area (Å²) in [6.07, 6.45) is -0.0208. The van der Waals surface area contributed by atoms with Crippen LogP contribution in [-0.2, 0) is 4.79 Å². The molecule has 3 nitrogen and oxygen atoms in total. The third kappa shape index (κ3) is 3.34. The van der Waals surface area contributed by atoms with Crippen LogP contribution in [0.15, 0.2) is 4.99 Å². The predicted molar refractivity (Wildman–Crippen MR) is 19.5 cm³/mol. The van der Waals surface area contributed by atoms with E-state index in [1.165, 1.54) is 0 Å². The Hall–Kier alpha value is -0.660. The van der Waals surface area contributed by atoms with Gasteiger partial charge in [-0.1, -0.05) is 0 Å². The molecule has 0 aliphatic heterocycles. The Kier molecular flexibility index (Phi) is 2.29. The van der Waals surface area contributed by atoms with Crippen LogP contribution in [0, 0.1) is 6.92 Å². The topological polar surface area (TPSA) is 49.7 Å². The maximum absolute atomic E-state index is 9.12. The van der Waals surface area contributed by atoms with Gasteiger partial charge in [0.05, 0.1) is 0 Å². The number of isocyanates is 1. The van der Waals surface area contributed by atoms with E-state index in [9.17, 15) is 0 Å². The summed E-state index contributed by atoms with van der Waals surface area (Å²) in [7, 11) is 0. The van der Waals surface area contributed by atoms with Gasteiger partial charge < -0.3 is 5.11 Å². The van der Waals surface area contributed by atoms with Gasteiger partial charge >= 0.3 is 0 Å². The summed E-state index contributed by atoms with van der Waals surface area (Å²) in [5, 5.41) is 8.01. The highest BCUT2D eigenvalue weighted by Crippen LogP contribution is 1.72. The van der Waals surface area contributed by atoms with Gasteiger partial charge in [-0.2, -0.15) is 4.99 Å². The van der Waals surface area contributed by atoms with Crippen molar-refractivity contribution in [2.45, 2.75) is 6.23 Å². The van der Waals surface area contributed by atoms with Crippen molar-refractivity contribution >= 4 is 6.08 Å². The van der Waals surface area contributed by atoms with E-state index in [-0.39, 0.29) is 0 Å². The molecule has 3 heteroatoms. The summed E-state index contributed by atoms with van der Waals surface area (Å²) in [6, 6.07) is 0. The van der Waals surface area contributed by atoms with E-state index in [2.05, 4.69) is 11.9 Å². The van der Waals surface area contributed by atoms with Gasteiger partial charge in [-0.25, -0.2) is 4.79 Å². The Morgan fingerprint density at radius 2 is 2.50 bits per heavy atom. The van der Waals surface area contributed by atoms with Gasteiger partial charge in [0.25, 0.3) is 0 Å². The van der Waals surface area contributed by atoms with E-state index in [1.54, 1.807) is 0 Å². The lowest BCUT2D eigenvalue weighted by molar-refractivity contribution is 0.231. The number of hydrogen-bond acceptors (Lipinski definition) is 3. The second-order valence-electron chi connectivity index (χ2n) is 0.701. The molecular weight excluding hydrogens is 82.0 g/mol. The maximum Gasteiger partial charge on any atom is 0.237 e. The summed E-state index contributed by atoms with van der Waals surface area (Å²) in [4.78, 5) is 11.9. The van der Waals surface area contributed by atoms with E-state index in [0.717, 1.165) is 6.08 Å². The normalized spacial score (nSPS) is 12.3. The number of hydrogen-bond donors (Lipinski definition) is 1. The first kappa shape index (κ1) is 5.34. The molecule has 0 aliphatic rings. The molecule has 0 saturated carbocycles. The molecule has 0 rings (SSSR count). The van der Waals surface area contributed by atoms with Gasteiger partial charge in [-0.3, -0.25) is 0 Å². The maximum atomic E-state index is 9.12. The SMILES string of the molecule is [CH2]C(O)N=C=O. The van der Waals surface area contributed by atoms with Crippen molar-refractivity contribution in [3.63, 3.8) is 0 Å². The molecule has 0 aromatic rings. The molecule has 6 heavy (non-hydrogen) atoms. The predicted octanol–water partition coefficient (Wildman–Crippen LogP) is -0.525. The average molecular weight is 86.1 g/mol. The fourth-order valence-electron chi connectivity index (χ4n) is 0.0608. The second-order valence-corrected chi connectivity index (χ2v) is 0.701. The number of carbonyl (C=O) groups excluding carboxylic acids is 1. The molecule has 0 fully saturated rings. The van der Waals surface area contributed by atoms with Crippen molar-refractivity contribution in [3.8, 4) is 0 Å². The van der Waals surface area contributed by atoms with Crippen LogP contribution in [0.5, 0.6) is 0 Å². The number of rotatable bonds is 1. The van der Waals surface area contributed by atoms with Crippen LogP contribution in [0.1, 0.15) is 0 Å². The number of aliphatic hydroxyl groups excluding tert-OH is 1. The smallest absolute Gasteiger partial charge is 0.237 e. The van der Waals surface area contributed by atoms with Crippen LogP contribution < -0.4 is 0 Å². The third-order valence-corrected chi connectivity index (χ3v) is 0.202. The van der Waals surface area contributed by atoms with E-state index >= 15 is 0 Å². The van der Waals surface area contributed by atoms with Crippen molar-refractivity contribution in [1.29, 1.82) is 0 Å². The van der Waals surface area contributed by atoms with Gasteiger partial charge in [0.1, 0.15) is 0 Å². The Bertz CT molecular complexity index is 72.9. The summed E-state index contributed by atoms with van der Waals surface area (Å²) >= 11 is 0. The Labute approximate surface area is 35.3 Å². The average Bonchev–Trinajstić information content (AvgIpc) is 1.35. The van der Waals surface area contributed by atoms with E-state index in [1.807, 2.05) is 0 Å². The lowest BCUT2D eigenvalue weighted by Crippen LogP contribution is -1.91. The number of aliphatic imine (C=N–C) groups is 1. The molecule has 0 spiro atoms. The standard InChI is InChI=1S/C3H4NO2/c1-3(6)4-2-5/h3,6H,1H2. The summed E-state index contributed by atoms with van der Waals surface area (Å²) in [6.45, 7) is 2.95. The van der Waals surface area contributed by atoms with E-state index in [0.29, 0.717) is 0 Å². The van der Waals surface area contributed by atoms with Crippen molar-refractivity contribution in [3.05, 3.63) is 6.92 Å². The molecule has 1 unspecified atom stereocenters. The Morgan fingerprint density at radius 1 is 2.00 bits per heavy atom. The molecular formula is C3H4NO2. The van der Waals surface area contributed by atoms with Crippen molar-refractivity contribution in [2.24, 2.45) is 4.99 Å². The first-order valence-corrected chi connectivity index (χ1v) is 1.35. The van der Waals surface area contributed by atoms with Crippen molar-refractivity contribution in [1.82, 2.24) is 0 Å². The number of aliphatic hydroxyl groups is 1. The van der Waals surface area contributed by atoms with Gasteiger partial charge in [-0.15, -0.1) is 0 Å². The first-order chi connectivity index (χ1) is 2.77. The minimum absolute atomic E-state index is 1.13. The molecule has 33 valence electrons. The van der Waals surface area contributed by atoms with Crippen molar-refractivity contribution < 1.29 is 9.90 Å². The van der Waals surface area contributed by atoms with Gasteiger partial charge in [0.15, 0.2) is 6.23 Å². The molecule has 0 amide bonds. The van der Waals surface area contributed by atoms with Crippen LogP contribution in [0.2, 0.25) is 0 Å². The minimum atomic E-state index is -1.15. The molecule has 0 bridgehead atoms. The van der Waals surface area contributed by atoms with Gasteiger partial charge in [0.2, 0.25) is 6.08 Å². The highest BCUT2D eigenvalue weighted by molar-refractivity contribution is 5.33. The highest BCUT2D eigenvalue weighted by Gasteiger charge is 1.80. The quantitative estimate of drug-likeness (QED) is 0.344. The Morgan fingerprint density at radius 3 is 2.50 bits per heavy atom. The van der Waals surface area contributed by atoms with Gasteiger partial charge in [-0.05, 0) is 6.92 Å². The van der Waals surface area contributed by atoms with Crippen LogP contribution in [0.25, 0.3) is 0 Å². The minimum Gasteiger partial charge on any atom is -0.371 e. The van der Waals surface area contributed by atoms with Crippen LogP contribution in [0.4, 0.5) is 0 Å². The molecule has 0 aromatic heterocycles. The molecule has 0 heterocycles. The van der Waals surface area contributed by atoms with Crippen molar-refractivity contribution in [2.75, 3.05) is 0 Å². The summed E-state index contributed by atoms with van der Waals surface area (Å²) < 4.78 is 0. The largest absolute Gasteiger partial charge is 0.371 e.